The van der Waals surface area contributed by atoms with Crippen molar-refractivity contribution in [2.75, 3.05) is 13.6 Å². The maximum atomic E-state index is 12.1. The van der Waals surface area contributed by atoms with Gasteiger partial charge in [0.1, 0.15) is 5.92 Å². The third-order valence-electron chi connectivity index (χ3n) is 3.52. The van der Waals surface area contributed by atoms with Crippen LogP contribution in [0.4, 0.5) is 0 Å². The number of rotatable bonds is 4. The Morgan fingerprint density at radius 1 is 1.41 bits per heavy atom. The quantitative estimate of drug-likeness (QED) is 0.764. The van der Waals surface area contributed by atoms with Crippen LogP contribution >= 0.6 is 0 Å². The molecule has 1 saturated carbocycles. The smallest absolute Gasteiger partial charge is 0.316 e. The van der Waals surface area contributed by atoms with Crippen LogP contribution in [0.3, 0.4) is 0 Å². The molecule has 3 atom stereocenters. The molecule has 0 spiro atoms. The van der Waals surface area contributed by atoms with Crippen molar-refractivity contribution in [1.82, 2.24) is 4.90 Å². The lowest BCUT2D eigenvalue weighted by Crippen LogP contribution is -2.44. The minimum absolute atomic E-state index is 0.274. The Balaban J connectivity index is 2.67. The van der Waals surface area contributed by atoms with Gasteiger partial charge in [0.25, 0.3) is 0 Å². The number of carbonyl (C=O) groups is 2. The number of amides is 1. The summed E-state index contributed by atoms with van der Waals surface area (Å²) < 4.78 is 0. The summed E-state index contributed by atoms with van der Waals surface area (Å²) in [7, 11) is 1.70. The van der Waals surface area contributed by atoms with Gasteiger partial charge in [-0.3, -0.25) is 9.59 Å². The van der Waals surface area contributed by atoms with E-state index in [2.05, 4.69) is 6.92 Å². The number of nitrogens with zero attached hydrogens (tertiary/aromatic N) is 1. The molecule has 0 saturated heterocycles. The fourth-order valence-electron chi connectivity index (χ4n) is 2.16. The van der Waals surface area contributed by atoms with E-state index < -0.39 is 17.3 Å². The predicted molar refractivity (Wildman–Crippen MR) is 65.5 cm³/mol. The molecule has 3 unspecified atom stereocenters. The van der Waals surface area contributed by atoms with Crippen molar-refractivity contribution < 1.29 is 14.7 Å². The molecule has 1 fully saturated rings. The van der Waals surface area contributed by atoms with Crippen LogP contribution in [0.15, 0.2) is 0 Å². The molecule has 1 rings (SSSR count). The van der Waals surface area contributed by atoms with E-state index in [9.17, 15) is 14.7 Å². The summed E-state index contributed by atoms with van der Waals surface area (Å²) in [5.74, 6) is -1.04. The van der Waals surface area contributed by atoms with Crippen molar-refractivity contribution in [3.05, 3.63) is 0 Å². The zero-order chi connectivity index (χ0) is 13.4. The van der Waals surface area contributed by atoms with Crippen LogP contribution < -0.4 is 0 Å². The lowest BCUT2D eigenvalue weighted by Gasteiger charge is -2.30. The van der Waals surface area contributed by atoms with Gasteiger partial charge in [0.15, 0.2) is 0 Å². The van der Waals surface area contributed by atoms with Gasteiger partial charge in [-0.15, -0.1) is 0 Å². The first kappa shape index (κ1) is 14.0. The summed E-state index contributed by atoms with van der Waals surface area (Å²) in [6.07, 6.45) is 1.14. The predicted octanol–water partition coefficient (Wildman–Crippen LogP) is 1.85. The molecule has 1 aliphatic rings. The number of carboxylic acid groups (broad SMARTS) is 1. The topological polar surface area (TPSA) is 57.6 Å². The third kappa shape index (κ3) is 3.45. The minimum Gasteiger partial charge on any atom is -0.481 e. The molecule has 0 aromatic rings. The zero-order valence-corrected chi connectivity index (χ0v) is 11.4. The first-order valence-electron chi connectivity index (χ1n) is 6.12. The summed E-state index contributed by atoms with van der Waals surface area (Å²) in [6, 6.07) is 0. The molecule has 0 aromatic carbocycles. The van der Waals surface area contributed by atoms with Crippen molar-refractivity contribution in [3.63, 3.8) is 0 Å². The first-order valence-corrected chi connectivity index (χ1v) is 6.12. The van der Waals surface area contributed by atoms with Gasteiger partial charge in [0, 0.05) is 13.6 Å². The molecular formula is C13H23NO3. The molecule has 98 valence electrons. The fourth-order valence-corrected chi connectivity index (χ4v) is 2.16. The van der Waals surface area contributed by atoms with Crippen LogP contribution in [0.25, 0.3) is 0 Å². The van der Waals surface area contributed by atoms with Crippen molar-refractivity contribution in [3.8, 4) is 0 Å². The van der Waals surface area contributed by atoms with Crippen LogP contribution in [0.5, 0.6) is 0 Å². The molecule has 0 radical (unpaired) electrons. The first-order chi connectivity index (χ1) is 7.64. The minimum atomic E-state index is -1.03. The van der Waals surface area contributed by atoms with E-state index >= 15 is 0 Å². The molecule has 0 aromatic heterocycles. The Labute approximate surface area is 103 Å². The molecular weight excluding hydrogens is 218 g/mol. The Kier molecular flexibility index (Phi) is 3.84. The molecule has 1 amide bonds. The Morgan fingerprint density at radius 2 is 1.88 bits per heavy atom. The molecule has 0 heterocycles. The van der Waals surface area contributed by atoms with Crippen LogP contribution in [-0.4, -0.2) is 35.5 Å². The van der Waals surface area contributed by atoms with E-state index in [1.807, 2.05) is 0 Å². The highest BCUT2D eigenvalue weighted by molar-refractivity contribution is 5.97. The van der Waals surface area contributed by atoms with Crippen LogP contribution in [0, 0.1) is 23.2 Å². The highest BCUT2D eigenvalue weighted by Crippen LogP contribution is 2.38. The Morgan fingerprint density at radius 3 is 2.18 bits per heavy atom. The summed E-state index contributed by atoms with van der Waals surface area (Å²) in [5.41, 5.74) is -0.549. The van der Waals surface area contributed by atoms with Gasteiger partial charge in [-0.1, -0.05) is 27.7 Å². The van der Waals surface area contributed by atoms with E-state index in [0.717, 1.165) is 6.42 Å². The Bertz CT molecular complexity index is 319. The van der Waals surface area contributed by atoms with Gasteiger partial charge in [0.05, 0.1) is 0 Å². The van der Waals surface area contributed by atoms with E-state index in [0.29, 0.717) is 18.4 Å². The number of aliphatic carboxylic acids is 1. The summed E-state index contributed by atoms with van der Waals surface area (Å²) in [5, 5.41) is 9.18. The lowest BCUT2D eigenvalue weighted by atomic mass is 9.80. The molecule has 4 nitrogen and oxygen atoms in total. The fraction of sp³-hybridized carbons (Fsp3) is 0.846. The molecule has 0 bridgehead atoms. The second-order valence-corrected chi connectivity index (χ2v) is 6.33. The maximum absolute atomic E-state index is 12.1. The van der Waals surface area contributed by atoms with Gasteiger partial charge in [-0.05, 0) is 23.7 Å². The highest BCUT2D eigenvalue weighted by atomic mass is 16.4. The van der Waals surface area contributed by atoms with Crippen LogP contribution in [0.2, 0.25) is 0 Å². The van der Waals surface area contributed by atoms with Crippen LogP contribution in [-0.2, 0) is 9.59 Å². The average Bonchev–Trinajstić information content (AvgIpc) is 2.77. The second kappa shape index (κ2) is 4.67. The molecule has 1 N–H and O–H groups in total. The standard InChI is InChI=1S/C13H23NO3/c1-8-6-9(8)7-14(5)11(15)10(12(16)17)13(2,3)4/h8-10H,6-7H2,1-5H3,(H,16,17). The molecule has 1 aliphatic carbocycles. The average molecular weight is 241 g/mol. The molecule has 17 heavy (non-hydrogen) atoms. The summed E-state index contributed by atoms with van der Waals surface area (Å²) >= 11 is 0. The van der Waals surface area contributed by atoms with Gasteiger partial charge in [-0.2, -0.15) is 0 Å². The highest BCUT2D eigenvalue weighted by Gasteiger charge is 2.41. The summed E-state index contributed by atoms with van der Waals surface area (Å²) in [6.45, 7) is 8.20. The van der Waals surface area contributed by atoms with E-state index in [4.69, 9.17) is 0 Å². The largest absolute Gasteiger partial charge is 0.481 e. The van der Waals surface area contributed by atoms with Crippen LogP contribution in [0.1, 0.15) is 34.1 Å². The van der Waals surface area contributed by atoms with Crippen molar-refractivity contribution in [2.24, 2.45) is 23.2 Å². The maximum Gasteiger partial charge on any atom is 0.316 e. The van der Waals surface area contributed by atoms with Crippen molar-refractivity contribution in [1.29, 1.82) is 0 Å². The van der Waals surface area contributed by atoms with Gasteiger partial charge in [0.2, 0.25) is 5.91 Å². The molecule has 4 heteroatoms. The molecule has 0 aliphatic heterocycles. The number of carboxylic acids is 1. The zero-order valence-electron chi connectivity index (χ0n) is 11.4. The lowest BCUT2D eigenvalue weighted by molar-refractivity contribution is -0.155. The number of hydrogen-bond donors (Lipinski definition) is 1. The Hall–Kier alpha value is -1.06. The SMILES string of the molecule is CC1CC1CN(C)C(=O)C(C(=O)O)C(C)(C)C. The summed E-state index contributed by atoms with van der Waals surface area (Å²) in [4.78, 5) is 24.9. The second-order valence-electron chi connectivity index (χ2n) is 6.33. The van der Waals surface area contributed by atoms with Gasteiger partial charge < -0.3 is 10.0 Å². The number of hydrogen-bond acceptors (Lipinski definition) is 2. The monoisotopic (exact) mass is 241 g/mol. The van der Waals surface area contributed by atoms with E-state index in [-0.39, 0.29) is 5.91 Å². The third-order valence-corrected chi connectivity index (χ3v) is 3.52. The van der Waals surface area contributed by atoms with Gasteiger partial charge >= 0.3 is 5.97 Å². The van der Waals surface area contributed by atoms with E-state index in [1.54, 1.807) is 32.7 Å². The van der Waals surface area contributed by atoms with Gasteiger partial charge in [-0.25, -0.2) is 0 Å². The van der Waals surface area contributed by atoms with E-state index in [1.165, 1.54) is 0 Å². The van der Waals surface area contributed by atoms with Crippen molar-refractivity contribution >= 4 is 11.9 Å². The normalized spacial score (nSPS) is 25.2. The number of carbonyl (C=O) groups excluding carboxylic acids is 1. The van der Waals surface area contributed by atoms with Crippen molar-refractivity contribution in [2.45, 2.75) is 34.1 Å².